The van der Waals surface area contributed by atoms with E-state index in [2.05, 4.69) is 10.2 Å². The van der Waals surface area contributed by atoms with Gasteiger partial charge in [-0.3, -0.25) is 11.3 Å². The topological polar surface area (TPSA) is 47.3 Å². The van der Waals surface area contributed by atoms with Crippen LogP contribution in [0.15, 0.2) is 24.3 Å². The van der Waals surface area contributed by atoms with Gasteiger partial charge in [0.2, 0.25) is 0 Å². The molecule has 0 heterocycles. The van der Waals surface area contributed by atoms with E-state index >= 15 is 0 Å². The Morgan fingerprint density at radius 2 is 2.11 bits per heavy atom. The fourth-order valence-electron chi connectivity index (χ4n) is 1.68. The lowest BCUT2D eigenvalue weighted by molar-refractivity contribution is -0.274. The molecule has 0 aliphatic rings. The number of alkyl halides is 3. The van der Waals surface area contributed by atoms with Gasteiger partial charge in [-0.15, -0.1) is 13.2 Å². The number of nitrogens with one attached hydrogen (secondary N) is 1. The van der Waals surface area contributed by atoms with Gasteiger partial charge in [-0.25, -0.2) is 0 Å². The summed E-state index contributed by atoms with van der Waals surface area (Å²) in [6, 6.07) is 5.70. The van der Waals surface area contributed by atoms with Crippen LogP contribution in [0.1, 0.15) is 37.8 Å². The predicted octanol–water partition coefficient (Wildman–Crippen LogP) is 3.28. The third kappa shape index (κ3) is 4.93. The molecule has 0 aromatic heterocycles. The lowest BCUT2D eigenvalue weighted by Crippen LogP contribution is -2.28. The van der Waals surface area contributed by atoms with Crippen molar-refractivity contribution in [2.75, 3.05) is 0 Å². The number of benzene rings is 1. The highest BCUT2D eigenvalue weighted by molar-refractivity contribution is 5.30. The van der Waals surface area contributed by atoms with Crippen molar-refractivity contribution in [3.63, 3.8) is 0 Å². The van der Waals surface area contributed by atoms with Crippen LogP contribution in [0.3, 0.4) is 0 Å². The molecule has 1 unspecified atom stereocenters. The Bertz CT molecular complexity index is 369. The van der Waals surface area contributed by atoms with Crippen LogP contribution in [0.2, 0.25) is 0 Å². The van der Waals surface area contributed by atoms with Gasteiger partial charge in [0.15, 0.2) is 0 Å². The first kappa shape index (κ1) is 14.8. The molecule has 0 amide bonds. The van der Waals surface area contributed by atoms with E-state index in [0.717, 1.165) is 19.3 Å². The van der Waals surface area contributed by atoms with Crippen molar-refractivity contribution in [2.24, 2.45) is 5.84 Å². The van der Waals surface area contributed by atoms with Gasteiger partial charge in [0.05, 0.1) is 0 Å². The molecule has 1 rings (SSSR count). The number of hydrogen-bond donors (Lipinski definition) is 2. The van der Waals surface area contributed by atoms with Crippen molar-refractivity contribution in [3.8, 4) is 5.75 Å². The molecule has 6 heteroatoms. The Morgan fingerprint density at radius 1 is 1.39 bits per heavy atom. The van der Waals surface area contributed by atoms with Gasteiger partial charge in [-0.1, -0.05) is 31.9 Å². The predicted molar refractivity (Wildman–Crippen MR) is 62.7 cm³/mol. The normalized spacial score (nSPS) is 13.4. The Hall–Kier alpha value is -1.27. The van der Waals surface area contributed by atoms with Crippen molar-refractivity contribution >= 4 is 0 Å². The molecule has 102 valence electrons. The highest BCUT2D eigenvalue weighted by atomic mass is 19.4. The summed E-state index contributed by atoms with van der Waals surface area (Å²) in [4.78, 5) is 0. The van der Waals surface area contributed by atoms with Gasteiger partial charge in [0.25, 0.3) is 0 Å². The molecule has 0 saturated heterocycles. The fourth-order valence-corrected chi connectivity index (χ4v) is 1.68. The summed E-state index contributed by atoms with van der Waals surface area (Å²) in [6.45, 7) is 2.04. The first-order chi connectivity index (χ1) is 8.46. The van der Waals surface area contributed by atoms with Crippen molar-refractivity contribution in [2.45, 2.75) is 38.6 Å². The van der Waals surface area contributed by atoms with Crippen LogP contribution in [0.25, 0.3) is 0 Å². The number of ether oxygens (including phenoxy) is 1. The van der Waals surface area contributed by atoms with E-state index in [1.165, 1.54) is 18.2 Å². The monoisotopic (exact) mass is 262 g/mol. The summed E-state index contributed by atoms with van der Waals surface area (Å²) < 4.78 is 40.2. The molecule has 0 aliphatic carbocycles. The largest absolute Gasteiger partial charge is 0.573 e. The molecule has 1 aromatic rings. The third-order valence-corrected chi connectivity index (χ3v) is 2.54. The van der Waals surface area contributed by atoms with Gasteiger partial charge in [0, 0.05) is 6.04 Å². The van der Waals surface area contributed by atoms with Crippen LogP contribution in [0.4, 0.5) is 13.2 Å². The zero-order chi connectivity index (χ0) is 13.6. The molecule has 3 N–H and O–H groups in total. The van der Waals surface area contributed by atoms with Gasteiger partial charge >= 0.3 is 6.36 Å². The molecule has 18 heavy (non-hydrogen) atoms. The molecule has 0 bridgehead atoms. The second kappa shape index (κ2) is 6.61. The summed E-state index contributed by atoms with van der Waals surface area (Å²) in [5.74, 6) is 5.18. The SMILES string of the molecule is CCCCC(NN)c1cccc(OC(F)(F)F)c1. The minimum atomic E-state index is -4.67. The van der Waals surface area contributed by atoms with E-state index in [1.807, 2.05) is 6.92 Å². The van der Waals surface area contributed by atoms with Gasteiger partial charge in [0.1, 0.15) is 5.75 Å². The number of unbranched alkanes of at least 4 members (excludes halogenated alkanes) is 1. The smallest absolute Gasteiger partial charge is 0.406 e. The van der Waals surface area contributed by atoms with Crippen molar-refractivity contribution in [1.29, 1.82) is 0 Å². The second-order valence-electron chi connectivity index (χ2n) is 3.98. The van der Waals surface area contributed by atoms with E-state index in [4.69, 9.17) is 5.84 Å². The van der Waals surface area contributed by atoms with E-state index in [9.17, 15) is 13.2 Å². The van der Waals surface area contributed by atoms with Gasteiger partial charge in [-0.05, 0) is 24.1 Å². The Kier molecular flexibility index (Phi) is 5.43. The first-order valence-electron chi connectivity index (χ1n) is 5.78. The average Bonchev–Trinajstić information content (AvgIpc) is 2.28. The number of rotatable bonds is 6. The highest BCUT2D eigenvalue weighted by Crippen LogP contribution is 2.26. The van der Waals surface area contributed by atoms with Crippen LogP contribution in [-0.4, -0.2) is 6.36 Å². The summed E-state index contributed by atoms with van der Waals surface area (Å²) in [6.07, 6.45) is -1.97. The second-order valence-corrected chi connectivity index (χ2v) is 3.98. The lowest BCUT2D eigenvalue weighted by Gasteiger charge is -2.17. The molecule has 3 nitrogen and oxygen atoms in total. The molecule has 1 atom stereocenters. The van der Waals surface area contributed by atoms with Crippen LogP contribution < -0.4 is 16.0 Å². The first-order valence-corrected chi connectivity index (χ1v) is 5.78. The van der Waals surface area contributed by atoms with Gasteiger partial charge < -0.3 is 4.74 Å². The van der Waals surface area contributed by atoms with Crippen LogP contribution >= 0.6 is 0 Å². The minimum Gasteiger partial charge on any atom is -0.406 e. The number of hydrazine groups is 1. The summed E-state index contributed by atoms with van der Waals surface area (Å²) in [5, 5.41) is 0. The minimum absolute atomic E-state index is 0.165. The van der Waals surface area contributed by atoms with Crippen LogP contribution in [-0.2, 0) is 0 Å². The Labute approximate surface area is 104 Å². The zero-order valence-corrected chi connectivity index (χ0v) is 10.1. The quantitative estimate of drug-likeness (QED) is 0.611. The number of hydrogen-bond acceptors (Lipinski definition) is 3. The molecule has 0 fully saturated rings. The fraction of sp³-hybridized carbons (Fsp3) is 0.500. The standard InChI is InChI=1S/C12H17F3N2O/c1-2-3-7-11(17-16)9-5-4-6-10(8-9)18-12(13,14)15/h4-6,8,11,17H,2-3,7,16H2,1H3. The van der Waals surface area contributed by atoms with Crippen LogP contribution in [0.5, 0.6) is 5.75 Å². The molecular weight excluding hydrogens is 245 g/mol. The summed E-state index contributed by atoms with van der Waals surface area (Å²) >= 11 is 0. The average molecular weight is 262 g/mol. The highest BCUT2D eigenvalue weighted by Gasteiger charge is 2.31. The summed E-state index contributed by atoms with van der Waals surface area (Å²) in [5.41, 5.74) is 3.29. The maximum absolute atomic E-state index is 12.1. The Morgan fingerprint density at radius 3 is 2.67 bits per heavy atom. The maximum atomic E-state index is 12.1. The lowest BCUT2D eigenvalue weighted by atomic mass is 10.0. The van der Waals surface area contributed by atoms with Crippen LogP contribution in [0, 0.1) is 0 Å². The molecular formula is C12H17F3N2O. The van der Waals surface area contributed by atoms with E-state index < -0.39 is 6.36 Å². The molecule has 0 radical (unpaired) electrons. The summed E-state index contributed by atoms with van der Waals surface area (Å²) in [7, 11) is 0. The van der Waals surface area contributed by atoms with Crippen molar-refractivity contribution in [1.82, 2.24) is 5.43 Å². The molecule has 0 spiro atoms. The van der Waals surface area contributed by atoms with E-state index in [-0.39, 0.29) is 11.8 Å². The van der Waals surface area contributed by atoms with E-state index in [0.29, 0.717) is 5.56 Å². The van der Waals surface area contributed by atoms with Crippen molar-refractivity contribution < 1.29 is 17.9 Å². The van der Waals surface area contributed by atoms with Gasteiger partial charge in [-0.2, -0.15) is 0 Å². The van der Waals surface area contributed by atoms with Crippen molar-refractivity contribution in [3.05, 3.63) is 29.8 Å². The Balaban J connectivity index is 2.79. The third-order valence-electron chi connectivity index (χ3n) is 2.54. The number of nitrogens with two attached hydrogens (primary N) is 1. The number of halogens is 3. The molecule has 0 saturated carbocycles. The van der Waals surface area contributed by atoms with E-state index in [1.54, 1.807) is 6.07 Å². The maximum Gasteiger partial charge on any atom is 0.573 e. The zero-order valence-electron chi connectivity index (χ0n) is 10.1. The molecule has 1 aromatic carbocycles. The molecule has 0 aliphatic heterocycles.